The Bertz CT molecular complexity index is 883. The largest absolute Gasteiger partial charge is 0.350 e. The molecule has 110 valence electrons. The van der Waals surface area contributed by atoms with Crippen molar-refractivity contribution in [3.05, 3.63) is 64.8 Å². The zero-order chi connectivity index (χ0) is 15.7. The first-order valence-corrected chi connectivity index (χ1v) is 7.51. The number of halogens is 1. The number of para-hydroxylation sites is 1. The molecule has 0 aliphatic heterocycles. The van der Waals surface area contributed by atoms with Gasteiger partial charge in [-0.2, -0.15) is 0 Å². The minimum atomic E-state index is -0.644. The normalized spacial score (nSPS) is 10.6. The molecule has 3 aromatic rings. The monoisotopic (exact) mass is 356 g/mol. The van der Waals surface area contributed by atoms with Crippen LogP contribution >= 0.6 is 15.9 Å². The molecule has 0 atom stereocenters. The fourth-order valence-corrected chi connectivity index (χ4v) is 2.80. The number of hydrogen-bond acceptors (Lipinski definition) is 2. The summed E-state index contributed by atoms with van der Waals surface area (Å²) in [5, 5.41) is 3.40. The number of aryl methyl sites for hydroxylation is 1. The molecule has 0 spiro atoms. The summed E-state index contributed by atoms with van der Waals surface area (Å²) in [5.74, 6) is -1.19. The van der Waals surface area contributed by atoms with Gasteiger partial charge in [0.25, 0.3) is 11.7 Å². The maximum absolute atomic E-state index is 12.4. The van der Waals surface area contributed by atoms with Gasteiger partial charge in [-0.25, -0.2) is 0 Å². The third-order valence-corrected chi connectivity index (χ3v) is 3.92. The van der Waals surface area contributed by atoms with Crippen LogP contribution in [0.25, 0.3) is 10.9 Å². The zero-order valence-corrected chi connectivity index (χ0v) is 13.4. The summed E-state index contributed by atoms with van der Waals surface area (Å²) in [6, 6.07) is 14.6. The van der Waals surface area contributed by atoms with Crippen molar-refractivity contribution in [1.82, 2.24) is 4.57 Å². The van der Waals surface area contributed by atoms with E-state index in [1.807, 2.05) is 41.9 Å². The molecule has 0 unspecified atom stereocenters. The molecule has 1 N–H and O–H groups in total. The molecule has 1 heterocycles. The number of nitrogens with zero attached hydrogens (tertiary/aromatic N) is 1. The Labute approximate surface area is 135 Å². The number of carbonyl (C=O) groups is 2. The molecule has 4 nitrogen and oxygen atoms in total. The van der Waals surface area contributed by atoms with Crippen molar-refractivity contribution in [2.75, 3.05) is 5.32 Å². The van der Waals surface area contributed by atoms with Gasteiger partial charge in [0.05, 0.1) is 5.56 Å². The fourth-order valence-electron chi connectivity index (χ4n) is 2.40. The van der Waals surface area contributed by atoms with E-state index in [2.05, 4.69) is 21.2 Å². The molecule has 0 saturated heterocycles. The second-order valence-electron chi connectivity index (χ2n) is 4.96. The predicted octanol–water partition coefficient (Wildman–Crippen LogP) is 3.76. The predicted molar refractivity (Wildman–Crippen MR) is 90.0 cm³/mol. The van der Waals surface area contributed by atoms with Gasteiger partial charge in [-0.1, -0.05) is 40.2 Å². The van der Waals surface area contributed by atoms with E-state index in [4.69, 9.17) is 0 Å². The molecular formula is C17H13BrN2O2. The van der Waals surface area contributed by atoms with Gasteiger partial charge in [0.2, 0.25) is 0 Å². The van der Waals surface area contributed by atoms with Crippen molar-refractivity contribution in [1.29, 1.82) is 0 Å². The number of amides is 1. The molecule has 3 rings (SSSR count). The highest BCUT2D eigenvalue weighted by Gasteiger charge is 2.20. The summed E-state index contributed by atoms with van der Waals surface area (Å²) in [5.41, 5.74) is 1.90. The van der Waals surface area contributed by atoms with Crippen molar-refractivity contribution >= 4 is 44.2 Å². The minimum Gasteiger partial charge on any atom is -0.350 e. The molecule has 1 aromatic heterocycles. The van der Waals surface area contributed by atoms with E-state index in [0.29, 0.717) is 11.3 Å². The van der Waals surface area contributed by atoms with Crippen molar-refractivity contribution in [2.45, 2.75) is 0 Å². The smallest absolute Gasteiger partial charge is 0.296 e. The number of hydrogen-bond donors (Lipinski definition) is 1. The van der Waals surface area contributed by atoms with Crippen LogP contribution in [-0.4, -0.2) is 16.3 Å². The standard InChI is InChI=1S/C17H13BrN2O2/c1-20-10-14(13-7-2-3-8-15(13)20)16(21)17(22)19-12-6-4-5-11(18)9-12/h2-10H,1H3,(H,19,22). The number of anilines is 1. The number of rotatable bonds is 3. The lowest BCUT2D eigenvalue weighted by Gasteiger charge is -2.04. The van der Waals surface area contributed by atoms with E-state index in [-0.39, 0.29) is 0 Å². The van der Waals surface area contributed by atoms with Gasteiger partial charge in [0.15, 0.2) is 0 Å². The number of carbonyl (C=O) groups excluding carboxylic acids is 2. The third-order valence-electron chi connectivity index (χ3n) is 3.43. The van der Waals surface area contributed by atoms with Gasteiger partial charge in [-0.05, 0) is 24.3 Å². The number of ketones is 1. The number of benzene rings is 2. The average molecular weight is 357 g/mol. The number of fused-ring (bicyclic) bond motifs is 1. The maximum atomic E-state index is 12.4. The zero-order valence-electron chi connectivity index (χ0n) is 11.8. The van der Waals surface area contributed by atoms with E-state index in [1.54, 1.807) is 24.4 Å². The van der Waals surface area contributed by atoms with Crippen LogP contribution in [0.4, 0.5) is 5.69 Å². The molecule has 2 aromatic carbocycles. The molecule has 0 bridgehead atoms. The first-order chi connectivity index (χ1) is 10.6. The molecule has 1 amide bonds. The van der Waals surface area contributed by atoms with E-state index in [0.717, 1.165) is 15.4 Å². The van der Waals surface area contributed by atoms with Crippen LogP contribution in [0.1, 0.15) is 10.4 Å². The van der Waals surface area contributed by atoms with Crippen LogP contribution in [-0.2, 0) is 11.8 Å². The van der Waals surface area contributed by atoms with Crippen LogP contribution in [0.3, 0.4) is 0 Å². The van der Waals surface area contributed by atoms with Crippen LogP contribution in [0.15, 0.2) is 59.2 Å². The van der Waals surface area contributed by atoms with Gasteiger partial charge in [0, 0.05) is 34.3 Å². The van der Waals surface area contributed by atoms with Gasteiger partial charge in [0.1, 0.15) is 0 Å². The van der Waals surface area contributed by atoms with Gasteiger partial charge in [-0.15, -0.1) is 0 Å². The maximum Gasteiger partial charge on any atom is 0.296 e. The van der Waals surface area contributed by atoms with E-state index in [1.165, 1.54) is 0 Å². The van der Waals surface area contributed by atoms with E-state index >= 15 is 0 Å². The highest BCUT2D eigenvalue weighted by molar-refractivity contribution is 9.10. The van der Waals surface area contributed by atoms with E-state index in [9.17, 15) is 9.59 Å². The Morgan fingerprint density at radius 3 is 2.64 bits per heavy atom. The molecule has 0 aliphatic rings. The first-order valence-electron chi connectivity index (χ1n) is 6.71. The summed E-state index contributed by atoms with van der Waals surface area (Å²) < 4.78 is 2.68. The Balaban J connectivity index is 1.91. The van der Waals surface area contributed by atoms with Crippen LogP contribution in [0.5, 0.6) is 0 Å². The summed E-state index contributed by atoms with van der Waals surface area (Å²) in [6.07, 6.45) is 1.69. The minimum absolute atomic E-state index is 0.408. The molecule has 22 heavy (non-hydrogen) atoms. The molecule has 5 heteroatoms. The van der Waals surface area contributed by atoms with Gasteiger partial charge in [-0.3, -0.25) is 9.59 Å². The molecule has 0 aliphatic carbocycles. The summed E-state index contributed by atoms with van der Waals surface area (Å²) in [6.45, 7) is 0. The lowest BCUT2D eigenvalue weighted by Crippen LogP contribution is -2.22. The molecule has 0 saturated carbocycles. The SMILES string of the molecule is Cn1cc(C(=O)C(=O)Nc2cccc(Br)c2)c2ccccc21. The van der Waals surface area contributed by atoms with Gasteiger partial charge < -0.3 is 9.88 Å². The highest BCUT2D eigenvalue weighted by atomic mass is 79.9. The second-order valence-corrected chi connectivity index (χ2v) is 5.88. The molecular weight excluding hydrogens is 344 g/mol. The van der Waals surface area contributed by atoms with Crippen molar-refractivity contribution in [3.8, 4) is 0 Å². The summed E-state index contributed by atoms with van der Waals surface area (Å²) >= 11 is 3.33. The van der Waals surface area contributed by atoms with E-state index < -0.39 is 11.7 Å². The number of nitrogens with one attached hydrogen (secondary N) is 1. The second kappa shape index (κ2) is 5.77. The summed E-state index contributed by atoms with van der Waals surface area (Å²) in [7, 11) is 1.85. The number of aromatic nitrogens is 1. The van der Waals surface area contributed by atoms with Crippen LogP contribution in [0.2, 0.25) is 0 Å². The lowest BCUT2D eigenvalue weighted by atomic mass is 10.1. The Kier molecular flexibility index (Phi) is 3.81. The molecule has 0 radical (unpaired) electrons. The number of Topliss-reactive ketones (excluding diaryl/α,β-unsaturated/α-hetero) is 1. The Morgan fingerprint density at radius 2 is 1.86 bits per heavy atom. The van der Waals surface area contributed by atoms with Crippen molar-refractivity contribution < 1.29 is 9.59 Å². The van der Waals surface area contributed by atoms with Gasteiger partial charge >= 0.3 is 0 Å². The fraction of sp³-hybridized carbons (Fsp3) is 0.0588. The lowest BCUT2D eigenvalue weighted by molar-refractivity contribution is -0.112. The topological polar surface area (TPSA) is 51.1 Å². The van der Waals surface area contributed by atoms with Crippen LogP contribution in [0, 0.1) is 0 Å². The summed E-state index contributed by atoms with van der Waals surface area (Å²) in [4.78, 5) is 24.6. The molecule has 0 fully saturated rings. The highest BCUT2D eigenvalue weighted by Crippen LogP contribution is 2.21. The van der Waals surface area contributed by atoms with Crippen molar-refractivity contribution in [2.24, 2.45) is 7.05 Å². The Morgan fingerprint density at radius 1 is 1.09 bits per heavy atom. The quantitative estimate of drug-likeness (QED) is 0.573. The third kappa shape index (κ3) is 2.67. The average Bonchev–Trinajstić information content (AvgIpc) is 2.84. The first kappa shape index (κ1) is 14.5. The van der Waals surface area contributed by atoms with Crippen molar-refractivity contribution in [3.63, 3.8) is 0 Å². The Hall–Kier alpha value is -2.40. The van der Waals surface area contributed by atoms with Crippen LogP contribution < -0.4 is 5.32 Å².